The van der Waals surface area contributed by atoms with Crippen LogP contribution in [0, 0.1) is 0 Å². The molecular weight excluding hydrogens is 659 g/mol. The minimum atomic E-state index is -4.26. The second-order valence-corrected chi connectivity index (χ2v) is 12.4. The molecule has 44 heavy (non-hydrogen) atoms. The zero-order chi connectivity index (χ0) is 32.2. The van der Waals surface area contributed by atoms with Gasteiger partial charge < -0.3 is 21.3 Å². The quantitative estimate of drug-likeness (QED) is 0.0848. The highest BCUT2D eigenvalue weighted by Gasteiger charge is 2.34. The number of nitrogens with zero attached hydrogens (tertiary/aromatic N) is 4. The monoisotopic (exact) mass is 679 g/mol. The molecule has 2 fully saturated rings. The van der Waals surface area contributed by atoms with Crippen LogP contribution in [-0.2, 0) is 39.9 Å². The first-order chi connectivity index (χ1) is 20.8. The number of carbonyl (C=O) groups is 4. The zero-order valence-corrected chi connectivity index (χ0v) is 25.6. The number of azo groups is 2. The van der Waals surface area contributed by atoms with Gasteiger partial charge in [-0.2, -0.15) is 20.5 Å². The molecule has 230 valence electrons. The lowest BCUT2D eigenvalue weighted by Crippen LogP contribution is -2.57. The largest absolute Gasteiger partial charge is 0.300 e. The smallest absolute Gasteiger partial charge is 0.262 e. The van der Waals surface area contributed by atoms with E-state index in [2.05, 4.69) is 46.4 Å². The maximum Gasteiger partial charge on any atom is 0.262 e. The second-order valence-electron chi connectivity index (χ2n) is 8.89. The fraction of sp³-hybridized carbons (Fsp3) is 0.217. The Bertz CT molecular complexity index is 1810. The van der Waals surface area contributed by atoms with Crippen LogP contribution >= 0.6 is 24.4 Å². The van der Waals surface area contributed by atoms with E-state index < -0.39 is 56.4 Å². The zero-order valence-electron chi connectivity index (χ0n) is 22.3. The molecular formula is C23H21N9O8S4. The van der Waals surface area contributed by atoms with E-state index in [1.54, 1.807) is 6.92 Å². The van der Waals surface area contributed by atoms with Crippen molar-refractivity contribution in [3.8, 4) is 11.1 Å². The first-order valence-electron chi connectivity index (χ1n) is 12.4. The number of hydrogen-bond donors (Lipinski definition) is 6. The molecule has 2 saturated heterocycles. The van der Waals surface area contributed by atoms with Crippen molar-refractivity contribution in [2.75, 3.05) is 6.54 Å². The minimum absolute atomic E-state index is 0.0292. The highest BCUT2D eigenvalue weighted by Crippen LogP contribution is 2.35. The van der Waals surface area contributed by atoms with Gasteiger partial charge in [-0.25, -0.2) is 21.6 Å². The second kappa shape index (κ2) is 13.5. The summed E-state index contributed by atoms with van der Waals surface area (Å²) in [6.45, 7) is 1.80. The Morgan fingerprint density at radius 2 is 1.23 bits per heavy atom. The lowest BCUT2D eigenvalue weighted by molar-refractivity contribution is -0.132. The molecule has 0 unspecified atom stereocenters. The van der Waals surface area contributed by atoms with Crippen LogP contribution in [0.5, 0.6) is 0 Å². The molecule has 4 amide bonds. The highest BCUT2D eigenvalue weighted by atomic mass is 32.2. The third kappa shape index (κ3) is 7.37. The number of rotatable bonds is 10. The van der Waals surface area contributed by atoms with Gasteiger partial charge in [0.2, 0.25) is 22.1 Å². The molecule has 21 heteroatoms. The lowest BCUT2D eigenvalue weighted by Gasteiger charge is -2.18. The first kappa shape index (κ1) is 32.5. The Morgan fingerprint density at radius 3 is 1.68 bits per heavy atom. The molecule has 17 nitrogen and oxygen atoms in total. The number of thiocarbonyl (C=S) groups is 2. The summed E-state index contributed by atoms with van der Waals surface area (Å²) < 4.78 is 53.6. The SMILES string of the molecule is CCCNS(=O)(=O)c1cc(N=NC2C(=O)NC(=S)NC2=O)ccc1-c1ccc(N=NC2C(=O)NC(=S)NC2=O)cc1[SH](=O)=O. The van der Waals surface area contributed by atoms with Crippen LogP contribution in [0.1, 0.15) is 13.3 Å². The van der Waals surface area contributed by atoms with Crippen LogP contribution in [-0.4, -0.2) is 69.3 Å². The molecule has 4 rings (SSSR count). The van der Waals surface area contributed by atoms with Gasteiger partial charge in [0.05, 0.1) is 21.2 Å². The van der Waals surface area contributed by atoms with E-state index >= 15 is 0 Å². The van der Waals surface area contributed by atoms with E-state index in [9.17, 15) is 36.0 Å². The molecule has 2 aliphatic heterocycles. The van der Waals surface area contributed by atoms with E-state index in [0.29, 0.717) is 6.42 Å². The molecule has 2 aromatic carbocycles. The van der Waals surface area contributed by atoms with E-state index in [0.717, 1.165) is 12.1 Å². The summed E-state index contributed by atoms with van der Waals surface area (Å²) in [5, 5.41) is 23.5. The summed E-state index contributed by atoms with van der Waals surface area (Å²) in [6, 6.07) is 4.20. The van der Waals surface area contributed by atoms with Crippen LogP contribution in [0.25, 0.3) is 11.1 Å². The van der Waals surface area contributed by atoms with Gasteiger partial charge in [0.25, 0.3) is 23.6 Å². The molecule has 0 aliphatic carbocycles. The number of hydrogen-bond acceptors (Lipinski definition) is 14. The van der Waals surface area contributed by atoms with Crippen LogP contribution in [0.3, 0.4) is 0 Å². The molecule has 2 aliphatic rings. The summed E-state index contributed by atoms with van der Waals surface area (Å²) in [4.78, 5) is 47.5. The van der Waals surface area contributed by atoms with Gasteiger partial charge in [0.15, 0.2) is 20.9 Å². The van der Waals surface area contributed by atoms with Crippen molar-refractivity contribution in [2.45, 2.75) is 35.2 Å². The number of amides is 4. The van der Waals surface area contributed by atoms with Gasteiger partial charge in [0.1, 0.15) is 0 Å². The number of nitrogens with one attached hydrogen (secondary N) is 5. The molecule has 2 heterocycles. The lowest BCUT2D eigenvalue weighted by atomic mass is 10.0. The van der Waals surface area contributed by atoms with E-state index in [-0.39, 0.29) is 49.1 Å². The van der Waals surface area contributed by atoms with Crippen molar-refractivity contribution >= 4 is 90.4 Å². The van der Waals surface area contributed by atoms with Crippen molar-refractivity contribution < 1.29 is 36.0 Å². The predicted octanol–water partition coefficient (Wildman–Crippen LogP) is -0.0214. The van der Waals surface area contributed by atoms with Gasteiger partial charge in [-0.05, 0) is 55.1 Å². The maximum atomic E-state index is 13.3. The van der Waals surface area contributed by atoms with Crippen LogP contribution < -0.4 is 26.0 Å². The van der Waals surface area contributed by atoms with Gasteiger partial charge >= 0.3 is 0 Å². The number of thiol groups is 1. The maximum absolute atomic E-state index is 13.3. The summed E-state index contributed by atoms with van der Waals surface area (Å²) in [6.07, 6.45) is 0.446. The van der Waals surface area contributed by atoms with Crippen LogP contribution in [0.2, 0.25) is 0 Å². The van der Waals surface area contributed by atoms with Crippen molar-refractivity contribution in [3.05, 3.63) is 36.4 Å². The topological polar surface area (TPSA) is 246 Å². The Hall–Kier alpha value is -4.44. The highest BCUT2D eigenvalue weighted by molar-refractivity contribution is 7.89. The van der Waals surface area contributed by atoms with Crippen molar-refractivity contribution in [1.29, 1.82) is 0 Å². The standard InChI is InChI=1S/C23H21N9O8S4/c1-2-7-24-44(39,40)15-9-11(30-32-17-20(35)27-23(42)28-21(17)36)4-6-13(15)12-5-3-10(8-14(12)43(37)38)29-31-16-18(33)25-22(41)26-19(16)34/h3-6,8-9,16-17,24,43H,2,7H2,1H3,(H2,25,26,33,34,41)(H2,27,28,35,36,42). The normalized spacial score (nSPS) is 16.9. The van der Waals surface area contributed by atoms with Crippen molar-refractivity contribution in [3.63, 3.8) is 0 Å². The number of carbonyl (C=O) groups excluding carboxylic acids is 4. The molecule has 0 radical (unpaired) electrons. The summed E-state index contributed by atoms with van der Waals surface area (Å²) in [5.41, 5.74) is -0.192. The fourth-order valence-electron chi connectivity index (χ4n) is 3.77. The predicted molar refractivity (Wildman–Crippen MR) is 160 cm³/mol. The fourth-order valence-corrected chi connectivity index (χ4v) is 6.18. The molecule has 0 saturated carbocycles. The minimum Gasteiger partial charge on any atom is -0.300 e. The molecule has 5 N–H and O–H groups in total. The average molecular weight is 680 g/mol. The summed E-state index contributed by atoms with van der Waals surface area (Å²) in [7, 11) is -7.59. The van der Waals surface area contributed by atoms with E-state index in [4.69, 9.17) is 24.4 Å². The first-order valence-corrected chi connectivity index (χ1v) is 15.8. The Morgan fingerprint density at radius 1 is 0.773 bits per heavy atom. The number of sulfonamides is 1. The van der Waals surface area contributed by atoms with Crippen LogP contribution in [0.15, 0.2) is 66.6 Å². The third-order valence-electron chi connectivity index (χ3n) is 5.78. The summed E-state index contributed by atoms with van der Waals surface area (Å²) >= 11 is 9.46. The molecule has 0 atom stereocenters. The third-order valence-corrected chi connectivity index (χ3v) is 8.46. The molecule has 0 bridgehead atoms. The van der Waals surface area contributed by atoms with Gasteiger partial charge in [0, 0.05) is 17.7 Å². The van der Waals surface area contributed by atoms with Crippen molar-refractivity contribution in [1.82, 2.24) is 26.0 Å². The van der Waals surface area contributed by atoms with Crippen molar-refractivity contribution in [2.24, 2.45) is 20.5 Å². The molecule has 2 aromatic rings. The van der Waals surface area contributed by atoms with Gasteiger partial charge in [-0.15, -0.1) is 0 Å². The van der Waals surface area contributed by atoms with E-state index in [1.807, 2.05) is 0 Å². The molecule has 0 aromatic heterocycles. The molecule has 0 spiro atoms. The Kier molecular flexibility index (Phi) is 9.94. The summed E-state index contributed by atoms with van der Waals surface area (Å²) in [5.74, 6) is -3.31. The van der Waals surface area contributed by atoms with Gasteiger partial charge in [-0.1, -0.05) is 19.1 Å². The van der Waals surface area contributed by atoms with Crippen LogP contribution in [0.4, 0.5) is 11.4 Å². The Labute approximate surface area is 261 Å². The van der Waals surface area contributed by atoms with Gasteiger partial charge in [-0.3, -0.25) is 19.2 Å². The average Bonchev–Trinajstić information content (AvgIpc) is 2.95. The van der Waals surface area contributed by atoms with E-state index in [1.165, 1.54) is 24.3 Å². The number of benzene rings is 2. The Balaban J connectivity index is 1.75.